The fourth-order valence-corrected chi connectivity index (χ4v) is 2.50. The summed E-state index contributed by atoms with van der Waals surface area (Å²) in [4.78, 5) is 5.19. The maximum absolute atomic E-state index is 12.4. The summed E-state index contributed by atoms with van der Waals surface area (Å²) < 4.78 is 39.4. The maximum atomic E-state index is 12.4. The van der Waals surface area contributed by atoms with Gasteiger partial charge in [-0.05, 0) is 30.3 Å². The Morgan fingerprint density at radius 2 is 1.93 bits per heavy atom. The first-order valence-corrected chi connectivity index (χ1v) is 8.64. The molecule has 0 aliphatic rings. The van der Waals surface area contributed by atoms with Crippen LogP contribution in [0.1, 0.15) is 11.3 Å². The summed E-state index contributed by atoms with van der Waals surface area (Å²) in [6, 6.07) is 13.0. The molecule has 0 saturated heterocycles. The molecule has 0 atom stereocenters. The molecule has 10 heteroatoms. The molecule has 3 rings (SSSR count). The van der Waals surface area contributed by atoms with Crippen LogP contribution in [0.2, 0.25) is 5.02 Å². The molecule has 2 aromatic carbocycles. The van der Waals surface area contributed by atoms with Gasteiger partial charge in [-0.15, -0.1) is 0 Å². The van der Waals surface area contributed by atoms with Crippen LogP contribution >= 0.6 is 11.6 Å². The van der Waals surface area contributed by atoms with E-state index in [0.29, 0.717) is 22.0 Å². The van der Waals surface area contributed by atoms with E-state index in [1.165, 1.54) is 25.3 Å². The number of rotatable bonds is 8. The molecule has 3 aromatic rings. The van der Waals surface area contributed by atoms with Crippen molar-refractivity contribution in [2.24, 2.45) is 10.9 Å². The van der Waals surface area contributed by atoms with E-state index < -0.39 is 6.61 Å². The Bertz CT molecular complexity index is 993. The number of benzene rings is 2. The van der Waals surface area contributed by atoms with Crippen molar-refractivity contribution in [3.8, 4) is 22.8 Å². The van der Waals surface area contributed by atoms with E-state index in [9.17, 15) is 8.78 Å². The predicted octanol–water partition coefficient (Wildman–Crippen LogP) is 4.44. The van der Waals surface area contributed by atoms with Crippen LogP contribution in [0, 0.1) is 0 Å². The number of aromatic nitrogens is 1. The van der Waals surface area contributed by atoms with Gasteiger partial charge < -0.3 is 24.6 Å². The molecule has 1 heterocycles. The molecule has 0 bridgehead atoms. The summed E-state index contributed by atoms with van der Waals surface area (Å²) >= 11 is 5.86. The molecule has 0 aliphatic heterocycles. The number of oxime groups is 1. The summed E-state index contributed by atoms with van der Waals surface area (Å²) in [7, 11) is 1.32. The quantitative estimate of drug-likeness (QED) is 0.327. The fourth-order valence-electron chi connectivity index (χ4n) is 2.38. The van der Waals surface area contributed by atoms with Crippen LogP contribution < -0.4 is 15.2 Å². The van der Waals surface area contributed by atoms with Gasteiger partial charge in [0.25, 0.3) is 0 Å². The highest BCUT2D eigenvalue weighted by Crippen LogP contribution is 2.29. The third-order valence-corrected chi connectivity index (χ3v) is 4.00. The molecular weight excluding hydrogens is 408 g/mol. The molecule has 7 nitrogen and oxygen atoms in total. The van der Waals surface area contributed by atoms with Crippen molar-refractivity contribution in [2.45, 2.75) is 13.2 Å². The fraction of sp³-hybridized carbons (Fsp3) is 0.158. The van der Waals surface area contributed by atoms with E-state index >= 15 is 0 Å². The Hall–Kier alpha value is -3.33. The highest BCUT2D eigenvalue weighted by atomic mass is 35.5. The molecule has 0 aliphatic carbocycles. The second-order valence-corrected chi connectivity index (χ2v) is 6.12. The smallest absolute Gasteiger partial charge is 0.387 e. The van der Waals surface area contributed by atoms with Gasteiger partial charge in [-0.3, -0.25) is 0 Å². The van der Waals surface area contributed by atoms with E-state index in [4.69, 9.17) is 31.4 Å². The number of ether oxygens (including phenoxy) is 2. The normalized spacial score (nSPS) is 11.6. The molecule has 2 N–H and O–H groups in total. The van der Waals surface area contributed by atoms with Crippen molar-refractivity contribution < 1.29 is 27.6 Å². The van der Waals surface area contributed by atoms with Crippen LogP contribution in [-0.2, 0) is 11.4 Å². The lowest BCUT2D eigenvalue weighted by Gasteiger charge is -2.11. The minimum absolute atomic E-state index is 0.00893. The van der Waals surface area contributed by atoms with E-state index in [2.05, 4.69) is 15.0 Å². The Kier molecular flexibility index (Phi) is 6.50. The summed E-state index contributed by atoms with van der Waals surface area (Å²) in [5.74, 6) is 0.425. The van der Waals surface area contributed by atoms with Gasteiger partial charge in [-0.1, -0.05) is 34.0 Å². The topological polar surface area (TPSA) is 92.1 Å². The molecular formula is C19H16ClF2N3O4. The first-order valence-electron chi connectivity index (χ1n) is 8.26. The number of nitrogens with two attached hydrogens (primary N) is 1. The third kappa shape index (κ3) is 5.35. The van der Waals surface area contributed by atoms with Gasteiger partial charge in [0.2, 0.25) is 0 Å². The zero-order chi connectivity index (χ0) is 20.8. The summed E-state index contributed by atoms with van der Waals surface area (Å²) in [5, 5.41) is 8.37. The standard InChI is InChI=1S/C19H16ClF2N3O4/c1-26-17-8-12(4-7-16(17)28-19(21)22)18(23)25-27-10-14-9-15(24-29-14)11-2-5-13(20)6-3-11/h2-9,19H,10H2,1H3,(H2,23,25). The van der Waals surface area contributed by atoms with Gasteiger partial charge in [-0.25, -0.2) is 0 Å². The van der Waals surface area contributed by atoms with E-state index in [1.807, 2.05) is 12.1 Å². The van der Waals surface area contributed by atoms with Gasteiger partial charge in [-0.2, -0.15) is 8.78 Å². The first kappa shape index (κ1) is 20.4. The molecule has 0 saturated carbocycles. The number of nitrogens with zero attached hydrogens (tertiary/aromatic N) is 2. The van der Waals surface area contributed by atoms with Crippen LogP contribution in [0.4, 0.5) is 8.78 Å². The van der Waals surface area contributed by atoms with E-state index in [1.54, 1.807) is 18.2 Å². The first-order chi connectivity index (χ1) is 14.0. The van der Waals surface area contributed by atoms with Crippen LogP contribution in [0.5, 0.6) is 11.5 Å². The molecule has 152 valence electrons. The third-order valence-electron chi connectivity index (χ3n) is 3.74. The minimum atomic E-state index is -2.97. The van der Waals surface area contributed by atoms with Gasteiger partial charge in [0.1, 0.15) is 5.69 Å². The van der Waals surface area contributed by atoms with Crippen molar-refractivity contribution in [3.05, 3.63) is 64.9 Å². The van der Waals surface area contributed by atoms with Gasteiger partial charge in [0.15, 0.2) is 29.7 Å². The van der Waals surface area contributed by atoms with Gasteiger partial charge in [0.05, 0.1) is 7.11 Å². The zero-order valence-electron chi connectivity index (χ0n) is 15.1. The molecule has 0 amide bonds. The Morgan fingerprint density at radius 3 is 2.62 bits per heavy atom. The van der Waals surface area contributed by atoms with Crippen LogP contribution in [0.3, 0.4) is 0 Å². The summed E-state index contributed by atoms with van der Waals surface area (Å²) in [5.41, 5.74) is 7.73. The average molecular weight is 424 g/mol. The Morgan fingerprint density at radius 1 is 1.17 bits per heavy atom. The van der Waals surface area contributed by atoms with Gasteiger partial charge >= 0.3 is 6.61 Å². The number of amidine groups is 1. The molecule has 29 heavy (non-hydrogen) atoms. The molecule has 0 fully saturated rings. The highest BCUT2D eigenvalue weighted by molar-refractivity contribution is 6.30. The Labute approximate surface area is 169 Å². The van der Waals surface area contributed by atoms with E-state index in [0.717, 1.165) is 5.56 Å². The molecule has 0 unspecified atom stereocenters. The summed E-state index contributed by atoms with van der Waals surface area (Å²) in [6.07, 6.45) is 0. The van der Waals surface area contributed by atoms with Crippen molar-refractivity contribution in [2.75, 3.05) is 7.11 Å². The lowest BCUT2D eigenvalue weighted by atomic mass is 10.1. The van der Waals surface area contributed by atoms with Crippen LogP contribution in [0.25, 0.3) is 11.3 Å². The lowest BCUT2D eigenvalue weighted by molar-refractivity contribution is -0.0512. The SMILES string of the molecule is COc1cc(/C(N)=N/OCc2cc(-c3ccc(Cl)cc3)no2)ccc1OC(F)F. The second kappa shape index (κ2) is 9.24. The lowest BCUT2D eigenvalue weighted by Crippen LogP contribution is -2.14. The molecule has 0 radical (unpaired) electrons. The van der Waals surface area contributed by atoms with E-state index in [-0.39, 0.29) is 23.9 Å². The van der Waals surface area contributed by atoms with Crippen LogP contribution in [0.15, 0.2) is 58.2 Å². The molecule has 1 aromatic heterocycles. The highest BCUT2D eigenvalue weighted by Gasteiger charge is 2.13. The number of alkyl halides is 2. The van der Waals surface area contributed by atoms with Gasteiger partial charge in [0, 0.05) is 22.2 Å². The second-order valence-electron chi connectivity index (χ2n) is 5.68. The van der Waals surface area contributed by atoms with Crippen molar-refractivity contribution in [1.82, 2.24) is 5.16 Å². The maximum Gasteiger partial charge on any atom is 0.387 e. The number of hydrogen-bond donors (Lipinski definition) is 1. The monoisotopic (exact) mass is 423 g/mol. The number of halogens is 3. The Balaban J connectivity index is 1.64. The average Bonchev–Trinajstić information content (AvgIpc) is 3.17. The largest absolute Gasteiger partial charge is 0.493 e. The minimum Gasteiger partial charge on any atom is -0.493 e. The van der Waals surface area contributed by atoms with Crippen molar-refractivity contribution in [3.63, 3.8) is 0 Å². The van der Waals surface area contributed by atoms with Crippen LogP contribution in [-0.4, -0.2) is 24.7 Å². The number of methoxy groups -OCH3 is 1. The zero-order valence-corrected chi connectivity index (χ0v) is 15.9. The summed E-state index contributed by atoms with van der Waals surface area (Å²) in [6.45, 7) is -2.98. The van der Waals surface area contributed by atoms with Crippen molar-refractivity contribution in [1.29, 1.82) is 0 Å². The number of hydrogen-bond acceptors (Lipinski definition) is 6. The predicted molar refractivity (Wildman–Crippen MR) is 102 cm³/mol. The van der Waals surface area contributed by atoms with Crippen molar-refractivity contribution >= 4 is 17.4 Å². The molecule has 0 spiro atoms.